The fraction of sp³-hybridized carbons (Fsp3) is 0.333. The molecule has 35 heavy (non-hydrogen) atoms. The third-order valence-corrected chi connectivity index (χ3v) is 7.12. The highest BCUT2D eigenvalue weighted by atomic mass is 16.5. The molecule has 1 aromatic heterocycles. The van der Waals surface area contributed by atoms with Crippen molar-refractivity contribution < 1.29 is 23.5 Å². The van der Waals surface area contributed by atoms with Crippen molar-refractivity contribution in [3.8, 4) is 16.9 Å². The molecule has 2 aromatic carbocycles. The first kappa shape index (κ1) is 22.8. The molecule has 1 saturated heterocycles. The molecule has 5 rings (SSSR count). The summed E-state index contributed by atoms with van der Waals surface area (Å²) in [4.78, 5) is 52.3. The molecule has 8 nitrogen and oxygen atoms in total. The second kappa shape index (κ2) is 8.69. The van der Waals surface area contributed by atoms with Gasteiger partial charge in [-0.3, -0.25) is 14.5 Å². The summed E-state index contributed by atoms with van der Waals surface area (Å²) in [6.07, 6.45) is 3.27. The third-order valence-electron chi connectivity index (χ3n) is 7.12. The molecule has 8 heteroatoms. The van der Waals surface area contributed by atoms with Crippen LogP contribution in [0.3, 0.4) is 0 Å². The van der Waals surface area contributed by atoms with E-state index in [1.54, 1.807) is 13.0 Å². The Morgan fingerprint density at radius 2 is 1.91 bits per heavy atom. The van der Waals surface area contributed by atoms with Crippen LogP contribution in [0.2, 0.25) is 0 Å². The smallest absolute Gasteiger partial charge is 0.331 e. The van der Waals surface area contributed by atoms with Crippen molar-refractivity contribution in [1.29, 1.82) is 0 Å². The van der Waals surface area contributed by atoms with Gasteiger partial charge >= 0.3 is 12.0 Å². The van der Waals surface area contributed by atoms with Crippen molar-refractivity contribution >= 4 is 28.9 Å². The van der Waals surface area contributed by atoms with Gasteiger partial charge in [0.05, 0.1) is 10.9 Å². The van der Waals surface area contributed by atoms with Crippen LogP contribution in [0.25, 0.3) is 22.1 Å². The van der Waals surface area contributed by atoms with Crippen molar-refractivity contribution in [2.75, 3.05) is 6.54 Å². The van der Waals surface area contributed by atoms with Crippen LogP contribution >= 0.6 is 0 Å². The Kier molecular flexibility index (Phi) is 5.67. The fourth-order valence-electron chi connectivity index (χ4n) is 5.22. The van der Waals surface area contributed by atoms with E-state index in [4.69, 9.17) is 9.15 Å². The number of amides is 3. The molecule has 2 heterocycles. The number of carbonyl (C=O) groups is 3. The van der Waals surface area contributed by atoms with Crippen LogP contribution in [0.5, 0.6) is 5.75 Å². The molecule has 2 aliphatic rings. The molecule has 3 amide bonds. The highest BCUT2D eigenvalue weighted by molar-refractivity contribution is 6.09. The van der Waals surface area contributed by atoms with Gasteiger partial charge in [0.15, 0.2) is 0 Å². The average Bonchev–Trinajstić information content (AvgIpc) is 3.06. The minimum Gasteiger partial charge on any atom is -0.460 e. The molecule has 2 fully saturated rings. The van der Waals surface area contributed by atoms with Crippen molar-refractivity contribution in [3.63, 3.8) is 0 Å². The van der Waals surface area contributed by atoms with Gasteiger partial charge in [-0.15, -0.1) is 0 Å². The molecule has 3 aromatic rings. The number of carbonyl (C=O) groups excluding carboxylic acids is 3. The Balaban J connectivity index is 1.35. The number of ether oxygens (including phenoxy) is 1. The average molecular weight is 475 g/mol. The molecule has 1 aliphatic carbocycles. The quantitative estimate of drug-likeness (QED) is 0.346. The van der Waals surface area contributed by atoms with Crippen LogP contribution in [0.15, 0.2) is 57.7 Å². The van der Waals surface area contributed by atoms with Crippen LogP contribution in [0.1, 0.15) is 38.4 Å². The van der Waals surface area contributed by atoms with E-state index in [-0.39, 0.29) is 28.6 Å². The molecular weight excluding hydrogens is 448 g/mol. The van der Waals surface area contributed by atoms with E-state index in [0.29, 0.717) is 23.1 Å². The number of nitrogens with one attached hydrogen (secondary N) is 1. The van der Waals surface area contributed by atoms with Crippen LogP contribution in [0, 0.1) is 12.8 Å². The monoisotopic (exact) mass is 474 g/mol. The predicted octanol–water partition coefficient (Wildman–Crippen LogP) is 4.17. The van der Waals surface area contributed by atoms with Gasteiger partial charge in [0, 0.05) is 6.07 Å². The summed E-state index contributed by atoms with van der Waals surface area (Å²) in [5, 5.41) is 3.18. The number of hydrogen-bond acceptors (Lipinski definition) is 6. The summed E-state index contributed by atoms with van der Waals surface area (Å²) in [6, 6.07) is 13.2. The number of rotatable bonds is 4. The second-order valence-electron chi connectivity index (χ2n) is 9.30. The Morgan fingerprint density at radius 1 is 1.14 bits per heavy atom. The van der Waals surface area contributed by atoms with Crippen LogP contribution < -0.4 is 15.5 Å². The number of aryl methyl sites for hydroxylation is 1. The summed E-state index contributed by atoms with van der Waals surface area (Å²) >= 11 is 0. The maximum Gasteiger partial charge on any atom is 0.331 e. The summed E-state index contributed by atoms with van der Waals surface area (Å²) in [6.45, 7) is 3.17. The van der Waals surface area contributed by atoms with Crippen molar-refractivity contribution in [1.82, 2.24) is 10.2 Å². The van der Waals surface area contributed by atoms with Gasteiger partial charge in [-0.25, -0.2) is 9.59 Å². The lowest BCUT2D eigenvalue weighted by Crippen LogP contribution is -2.54. The highest BCUT2D eigenvalue weighted by Gasteiger charge is 2.55. The Morgan fingerprint density at radius 3 is 2.66 bits per heavy atom. The van der Waals surface area contributed by atoms with Crippen molar-refractivity contribution in [2.45, 2.75) is 45.1 Å². The minimum atomic E-state index is -0.935. The molecule has 2 unspecified atom stereocenters. The van der Waals surface area contributed by atoms with E-state index in [0.717, 1.165) is 29.7 Å². The molecule has 180 valence electrons. The molecule has 1 N–H and O–H groups in total. The lowest BCUT2D eigenvalue weighted by Gasteiger charge is -2.36. The van der Waals surface area contributed by atoms with Crippen molar-refractivity contribution in [2.24, 2.45) is 5.92 Å². The molecular formula is C27H26N2O6. The van der Waals surface area contributed by atoms with Gasteiger partial charge in [0.25, 0.3) is 5.91 Å². The number of esters is 1. The largest absolute Gasteiger partial charge is 0.460 e. The number of nitrogens with zero attached hydrogens (tertiary/aromatic N) is 1. The zero-order valence-corrected chi connectivity index (χ0v) is 19.6. The van der Waals surface area contributed by atoms with E-state index in [2.05, 4.69) is 5.32 Å². The van der Waals surface area contributed by atoms with Gasteiger partial charge in [-0.2, -0.15) is 0 Å². The minimum absolute atomic E-state index is 0.00104. The van der Waals surface area contributed by atoms with Crippen molar-refractivity contribution in [3.05, 3.63) is 64.5 Å². The highest BCUT2D eigenvalue weighted by Crippen LogP contribution is 2.38. The van der Waals surface area contributed by atoms with Gasteiger partial charge < -0.3 is 14.5 Å². The van der Waals surface area contributed by atoms with Gasteiger partial charge in [-0.05, 0) is 43.4 Å². The first-order valence-corrected chi connectivity index (χ1v) is 11.8. The summed E-state index contributed by atoms with van der Waals surface area (Å²) in [5.74, 6) is -0.525. The second-order valence-corrected chi connectivity index (χ2v) is 9.30. The molecule has 0 radical (unpaired) electrons. The van der Waals surface area contributed by atoms with E-state index in [1.165, 1.54) is 12.1 Å². The van der Waals surface area contributed by atoms with Crippen LogP contribution in [-0.4, -0.2) is 34.9 Å². The zero-order chi connectivity index (χ0) is 24.7. The van der Waals surface area contributed by atoms with E-state index < -0.39 is 24.1 Å². The lowest BCUT2D eigenvalue weighted by molar-refractivity contribution is -0.142. The third kappa shape index (κ3) is 3.88. The van der Waals surface area contributed by atoms with E-state index in [1.807, 2.05) is 37.3 Å². The Hall–Kier alpha value is -3.94. The zero-order valence-electron chi connectivity index (χ0n) is 19.6. The maximum absolute atomic E-state index is 13.1. The van der Waals surface area contributed by atoms with E-state index >= 15 is 0 Å². The predicted molar refractivity (Wildman–Crippen MR) is 129 cm³/mol. The summed E-state index contributed by atoms with van der Waals surface area (Å²) in [5.41, 5.74) is 0.402. The number of hydrogen-bond donors (Lipinski definition) is 1. The molecule has 0 bridgehead atoms. The number of urea groups is 1. The lowest BCUT2D eigenvalue weighted by atomic mass is 9.73. The van der Waals surface area contributed by atoms with Gasteiger partial charge in [-0.1, -0.05) is 50.1 Å². The standard InChI is InChI=1S/C27H26N2O6/c1-16-8-6-7-13-27(16)25(32)29(26(33)28-27)15-22(30)35-19-11-12-20-21(14-19)34-17(2)23(24(20)31)18-9-4-3-5-10-18/h3-5,9-12,14,16H,6-8,13,15H2,1-2H3,(H,28,33). The maximum atomic E-state index is 13.1. The summed E-state index contributed by atoms with van der Waals surface area (Å²) < 4.78 is 11.3. The fourth-order valence-corrected chi connectivity index (χ4v) is 5.22. The number of fused-ring (bicyclic) bond motifs is 1. The van der Waals surface area contributed by atoms with Crippen LogP contribution in [0.4, 0.5) is 4.79 Å². The summed E-state index contributed by atoms with van der Waals surface area (Å²) in [7, 11) is 0. The molecule has 1 saturated carbocycles. The normalized spacial score (nSPS) is 22.0. The van der Waals surface area contributed by atoms with E-state index in [9.17, 15) is 19.2 Å². The molecule has 2 atom stereocenters. The molecule has 1 aliphatic heterocycles. The topological polar surface area (TPSA) is 106 Å². The number of imide groups is 1. The Labute approximate surface area is 201 Å². The molecule has 1 spiro atoms. The SMILES string of the molecule is Cc1oc2cc(OC(=O)CN3C(=O)NC4(CCCCC4C)C3=O)ccc2c(=O)c1-c1ccccc1. The van der Waals surface area contributed by atoms with Gasteiger partial charge in [0.2, 0.25) is 5.43 Å². The van der Waals surface area contributed by atoms with Gasteiger partial charge in [0.1, 0.15) is 29.2 Å². The Bertz CT molecular complexity index is 1400. The first-order valence-electron chi connectivity index (χ1n) is 11.8. The first-order chi connectivity index (χ1) is 16.8. The number of benzene rings is 2. The van der Waals surface area contributed by atoms with Crippen LogP contribution in [-0.2, 0) is 9.59 Å².